The maximum absolute atomic E-state index is 12.8. The van der Waals surface area contributed by atoms with Gasteiger partial charge in [-0.25, -0.2) is 0 Å². The summed E-state index contributed by atoms with van der Waals surface area (Å²) in [5.74, 6) is 1.94. The molecule has 2 aliphatic heterocycles. The van der Waals surface area contributed by atoms with E-state index >= 15 is 0 Å². The summed E-state index contributed by atoms with van der Waals surface area (Å²) in [6, 6.07) is 11.6. The number of hydrogen-bond donors (Lipinski definition) is 0. The quantitative estimate of drug-likeness (QED) is 0.729. The summed E-state index contributed by atoms with van der Waals surface area (Å²) in [5.41, 5.74) is 1.90. The fourth-order valence-electron chi connectivity index (χ4n) is 3.57. The molecular formula is C21H20ClNO4. The van der Waals surface area contributed by atoms with Crippen LogP contribution in [0.25, 0.3) is 6.08 Å². The molecule has 1 unspecified atom stereocenters. The Balaban J connectivity index is 1.52. The Morgan fingerprint density at radius 2 is 2.19 bits per heavy atom. The van der Waals surface area contributed by atoms with Crippen molar-refractivity contribution in [2.24, 2.45) is 0 Å². The number of ether oxygens (including phenoxy) is 3. The fraction of sp³-hybridized carbons (Fsp3) is 0.286. The highest BCUT2D eigenvalue weighted by Crippen LogP contribution is 2.40. The highest BCUT2D eigenvalue weighted by Gasteiger charge is 2.29. The predicted octanol–water partition coefficient (Wildman–Crippen LogP) is 4.45. The maximum atomic E-state index is 12.8. The van der Waals surface area contributed by atoms with E-state index in [0.29, 0.717) is 16.5 Å². The van der Waals surface area contributed by atoms with Crippen molar-refractivity contribution >= 4 is 23.6 Å². The molecule has 1 atom stereocenters. The van der Waals surface area contributed by atoms with Gasteiger partial charge in [0.1, 0.15) is 5.75 Å². The number of carbonyl (C=O) groups excluding carboxylic acids is 1. The van der Waals surface area contributed by atoms with E-state index in [9.17, 15) is 4.79 Å². The summed E-state index contributed by atoms with van der Waals surface area (Å²) in [6.07, 6.45) is 5.28. The van der Waals surface area contributed by atoms with Crippen LogP contribution in [0.15, 0.2) is 42.5 Å². The lowest BCUT2D eigenvalue weighted by molar-refractivity contribution is -0.126. The molecule has 0 spiro atoms. The highest BCUT2D eigenvalue weighted by atomic mass is 35.5. The first-order valence-corrected chi connectivity index (χ1v) is 9.25. The molecule has 27 heavy (non-hydrogen) atoms. The number of rotatable bonds is 4. The van der Waals surface area contributed by atoms with Gasteiger partial charge in [-0.15, -0.1) is 0 Å². The van der Waals surface area contributed by atoms with Crippen LogP contribution >= 0.6 is 11.6 Å². The Morgan fingerprint density at radius 3 is 3.04 bits per heavy atom. The van der Waals surface area contributed by atoms with Gasteiger partial charge < -0.3 is 19.1 Å². The van der Waals surface area contributed by atoms with Crippen LogP contribution < -0.4 is 14.2 Å². The summed E-state index contributed by atoms with van der Waals surface area (Å²) in [4.78, 5) is 14.7. The number of halogens is 1. The summed E-state index contributed by atoms with van der Waals surface area (Å²) < 4.78 is 16.0. The van der Waals surface area contributed by atoms with Crippen molar-refractivity contribution in [3.8, 4) is 17.2 Å². The van der Waals surface area contributed by atoms with Gasteiger partial charge in [0.2, 0.25) is 12.7 Å². The molecule has 2 aliphatic rings. The van der Waals surface area contributed by atoms with Gasteiger partial charge in [0.25, 0.3) is 0 Å². The van der Waals surface area contributed by atoms with Gasteiger partial charge in [-0.05, 0) is 54.3 Å². The van der Waals surface area contributed by atoms with Crippen LogP contribution in [0.3, 0.4) is 0 Å². The van der Waals surface area contributed by atoms with Gasteiger partial charge in [-0.3, -0.25) is 4.79 Å². The zero-order chi connectivity index (χ0) is 18.8. The molecule has 1 fully saturated rings. The third-order valence-corrected chi connectivity index (χ3v) is 5.16. The zero-order valence-corrected chi connectivity index (χ0v) is 15.7. The Bertz CT molecular complexity index is 896. The van der Waals surface area contributed by atoms with Crippen molar-refractivity contribution in [3.05, 3.63) is 58.6 Å². The number of methoxy groups -OCH3 is 1. The van der Waals surface area contributed by atoms with E-state index < -0.39 is 0 Å². The molecular weight excluding hydrogens is 366 g/mol. The molecule has 5 nitrogen and oxygen atoms in total. The molecule has 0 N–H and O–H groups in total. The van der Waals surface area contributed by atoms with E-state index in [1.165, 1.54) is 0 Å². The van der Waals surface area contributed by atoms with E-state index in [-0.39, 0.29) is 18.7 Å². The number of amides is 1. The second kappa shape index (κ2) is 7.53. The Labute approximate surface area is 163 Å². The number of carbonyl (C=O) groups is 1. The van der Waals surface area contributed by atoms with Crippen LogP contribution in [0.2, 0.25) is 5.02 Å². The van der Waals surface area contributed by atoms with Crippen molar-refractivity contribution < 1.29 is 19.0 Å². The smallest absolute Gasteiger partial charge is 0.247 e. The second-order valence-electron chi connectivity index (χ2n) is 6.54. The van der Waals surface area contributed by atoms with Crippen LogP contribution in [-0.4, -0.2) is 31.3 Å². The normalized spacial score (nSPS) is 18.3. The number of benzene rings is 2. The van der Waals surface area contributed by atoms with E-state index in [4.69, 9.17) is 25.8 Å². The monoisotopic (exact) mass is 385 g/mol. The Kier molecular flexibility index (Phi) is 4.94. The fourth-order valence-corrected chi connectivity index (χ4v) is 3.85. The van der Waals surface area contributed by atoms with Crippen LogP contribution in [0.1, 0.15) is 30.0 Å². The van der Waals surface area contributed by atoms with Crippen LogP contribution in [0.5, 0.6) is 17.2 Å². The van der Waals surface area contributed by atoms with Gasteiger partial charge >= 0.3 is 0 Å². The van der Waals surface area contributed by atoms with Gasteiger partial charge in [0.05, 0.1) is 18.2 Å². The van der Waals surface area contributed by atoms with Crippen molar-refractivity contribution in [2.75, 3.05) is 20.4 Å². The van der Waals surface area contributed by atoms with E-state index in [1.54, 1.807) is 25.3 Å². The summed E-state index contributed by atoms with van der Waals surface area (Å²) in [7, 11) is 1.65. The van der Waals surface area contributed by atoms with Crippen LogP contribution in [0, 0.1) is 0 Å². The average Bonchev–Trinajstić information content (AvgIpc) is 3.35. The first-order valence-electron chi connectivity index (χ1n) is 8.87. The molecule has 0 radical (unpaired) electrons. The zero-order valence-electron chi connectivity index (χ0n) is 15.0. The molecule has 140 valence electrons. The number of likely N-dealkylation sites (tertiary alicyclic amines) is 1. The van der Waals surface area contributed by atoms with E-state index in [0.717, 1.165) is 36.3 Å². The van der Waals surface area contributed by atoms with Gasteiger partial charge in [-0.1, -0.05) is 23.7 Å². The summed E-state index contributed by atoms with van der Waals surface area (Å²) >= 11 is 6.20. The molecule has 6 heteroatoms. The molecule has 2 aromatic rings. The molecule has 0 saturated carbocycles. The molecule has 2 aromatic carbocycles. The Hall–Kier alpha value is -2.66. The van der Waals surface area contributed by atoms with Crippen molar-refractivity contribution in [1.29, 1.82) is 0 Å². The largest absolute Gasteiger partial charge is 0.497 e. The Morgan fingerprint density at radius 1 is 1.30 bits per heavy atom. The van der Waals surface area contributed by atoms with Crippen molar-refractivity contribution in [1.82, 2.24) is 4.90 Å². The predicted molar refractivity (Wildman–Crippen MR) is 103 cm³/mol. The first-order chi connectivity index (χ1) is 13.2. The molecule has 0 bridgehead atoms. The lowest BCUT2D eigenvalue weighted by Crippen LogP contribution is -2.28. The van der Waals surface area contributed by atoms with Crippen molar-refractivity contribution in [2.45, 2.75) is 18.9 Å². The molecule has 2 heterocycles. The third-order valence-electron chi connectivity index (χ3n) is 4.88. The molecule has 0 aliphatic carbocycles. The second-order valence-corrected chi connectivity index (χ2v) is 6.94. The standard InChI is InChI=1S/C21H20ClNO4/c1-25-16-5-2-4-15(12-16)18-6-3-9-23(18)20(24)8-7-14-10-17(22)21-19(11-14)26-13-27-21/h2,4-5,7-8,10-12,18H,3,6,9,13H2,1H3/b8-7+. The van der Waals surface area contributed by atoms with Gasteiger partial charge in [0, 0.05) is 12.6 Å². The minimum atomic E-state index is -0.0193. The molecule has 0 aromatic heterocycles. The van der Waals surface area contributed by atoms with E-state index in [2.05, 4.69) is 0 Å². The van der Waals surface area contributed by atoms with Crippen LogP contribution in [-0.2, 0) is 4.79 Å². The van der Waals surface area contributed by atoms with Crippen molar-refractivity contribution in [3.63, 3.8) is 0 Å². The van der Waals surface area contributed by atoms with Gasteiger partial charge in [-0.2, -0.15) is 0 Å². The summed E-state index contributed by atoms with van der Waals surface area (Å²) in [5, 5.41) is 0.479. The average molecular weight is 386 g/mol. The maximum Gasteiger partial charge on any atom is 0.247 e. The molecule has 1 saturated heterocycles. The third kappa shape index (κ3) is 3.60. The topological polar surface area (TPSA) is 48.0 Å². The number of hydrogen-bond acceptors (Lipinski definition) is 4. The SMILES string of the molecule is COc1cccc(C2CCCN2C(=O)/C=C/c2cc(Cl)c3c(c2)OCO3)c1. The lowest BCUT2D eigenvalue weighted by atomic mass is 10.0. The van der Waals surface area contributed by atoms with Crippen LogP contribution in [0.4, 0.5) is 0 Å². The molecule has 1 amide bonds. The number of nitrogens with zero attached hydrogens (tertiary/aromatic N) is 1. The first kappa shape index (κ1) is 17.7. The summed E-state index contributed by atoms with van der Waals surface area (Å²) in [6.45, 7) is 0.907. The van der Waals surface area contributed by atoms with E-state index in [1.807, 2.05) is 35.2 Å². The van der Waals surface area contributed by atoms with Gasteiger partial charge in [0.15, 0.2) is 11.5 Å². The minimum absolute atomic E-state index is 0.0193. The molecule has 4 rings (SSSR count). The lowest BCUT2D eigenvalue weighted by Gasteiger charge is -2.24. The number of fused-ring (bicyclic) bond motifs is 1. The minimum Gasteiger partial charge on any atom is -0.497 e. The highest BCUT2D eigenvalue weighted by molar-refractivity contribution is 6.32.